The molecule has 1 unspecified atom stereocenters. The average Bonchev–Trinajstić information content (AvgIpc) is 3.09. The Bertz CT molecular complexity index is 1510. The van der Waals surface area contributed by atoms with Crippen LogP contribution in [0.25, 0.3) is 6.08 Å². The number of nitrogens with zero attached hydrogens (tertiary/aromatic N) is 3. The molecule has 12 nitrogen and oxygen atoms in total. The van der Waals surface area contributed by atoms with E-state index >= 15 is 0 Å². The van der Waals surface area contributed by atoms with Crippen molar-refractivity contribution in [2.75, 3.05) is 66.3 Å². The fraction of sp³-hybridized carbons (Fsp3) is 0.371. The summed E-state index contributed by atoms with van der Waals surface area (Å²) in [5.74, 6) is -0.572. The van der Waals surface area contributed by atoms with Gasteiger partial charge in [0, 0.05) is 43.8 Å². The highest BCUT2D eigenvalue weighted by Gasteiger charge is 2.26. The number of halogens is 3. The summed E-state index contributed by atoms with van der Waals surface area (Å²) in [6.07, 6.45) is 3.61. The Hall–Kier alpha value is -3.91. The number of carbonyl (C=O) groups is 2. The van der Waals surface area contributed by atoms with Gasteiger partial charge in [-0.3, -0.25) is 9.80 Å². The lowest BCUT2D eigenvalue weighted by Gasteiger charge is -2.39. The standard InChI is InChI=1S/C35H40ClN3O9.2ClH/c1-44-32-25-27(10-16-33(40)46-22-5-6-23-47-39(42)43)9-15-31(32)48-34(41)26-45-24-21-37-17-19-38(20-18-37)35(28-7-3-2-4-8-28)29-11-13-30(36)14-12-29;;/h2-4,7-16,25,35H,5-6,17-24,26H2,1H3;2*1H/b16-10+;;. The molecule has 1 aliphatic heterocycles. The number of rotatable bonds is 18. The highest BCUT2D eigenvalue weighted by molar-refractivity contribution is 6.30. The number of hydrogen-bond acceptors (Lipinski definition) is 11. The number of ether oxygens (including phenoxy) is 4. The van der Waals surface area contributed by atoms with E-state index in [1.54, 1.807) is 18.2 Å². The van der Waals surface area contributed by atoms with Gasteiger partial charge in [-0.05, 0) is 59.9 Å². The lowest BCUT2D eigenvalue weighted by atomic mass is 9.96. The van der Waals surface area contributed by atoms with Crippen molar-refractivity contribution in [2.24, 2.45) is 0 Å². The molecule has 1 saturated heterocycles. The predicted molar refractivity (Wildman–Crippen MR) is 194 cm³/mol. The second-order valence-corrected chi connectivity index (χ2v) is 11.4. The van der Waals surface area contributed by atoms with Gasteiger partial charge in [-0.2, -0.15) is 0 Å². The first-order valence-corrected chi connectivity index (χ1v) is 16.1. The number of unbranched alkanes of at least 4 members (excludes halogenated alkanes) is 1. The van der Waals surface area contributed by atoms with E-state index < -0.39 is 17.0 Å². The minimum atomic E-state index is -0.862. The minimum Gasteiger partial charge on any atom is -0.493 e. The van der Waals surface area contributed by atoms with Gasteiger partial charge in [0.05, 0.1) is 33.0 Å². The molecular weight excluding hydrogens is 713 g/mol. The Labute approximate surface area is 309 Å². The molecule has 1 fully saturated rings. The van der Waals surface area contributed by atoms with E-state index in [2.05, 4.69) is 51.0 Å². The third-order valence-electron chi connectivity index (χ3n) is 7.65. The van der Waals surface area contributed by atoms with Crippen molar-refractivity contribution in [3.8, 4) is 11.5 Å². The minimum absolute atomic E-state index is 0. The van der Waals surface area contributed by atoms with Crippen molar-refractivity contribution in [1.82, 2.24) is 9.80 Å². The Morgan fingerprint density at radius 2 is 1.58 bits per heavy atom. The van der Waals surface area contributed by atoms with Gasteiger partial charge in [0.1, 0.15) is 6.61 Å². The Morgan fingerprint density at radius 3 is 2.26 bits per heavy atom. The van der Waals surface area contributed by atoms with E-state index in [0.717, 1.165) is 31.2 Å². The Kier molecular flexibility index (Phi) is 19.2. The number of benzene rings is 3. The van der Waals surface area contributed by atoms with E-state index in [0.29, 0.717) is 37.3 Å². The van der Waals surface area contributed by atoms with Crippen LogP contribution in [0.15, 0.2) is 78.9 Å². The van der Waals surface area contributed by atoms with Crippen molar-refractivity contribution in [2.45, 2.75) is 18.9 Å². The van der Waals surface area contributed by atoms with Crippen molar-refractivity contribution in [3.63, 3.8) is 0 Å². The van der Waals surface area contributed by atoms with Crippen LogP contribution in [0.4, 0.5) is 0 Å². The zero-order valence-electron chi connectivity index (χ0n) is 27.6. The van der Waals surface area contributed by atoms with Crippen LogP contribution in [0.1, 0.15) is 35.6 Å². The summed E-state index contributed by atoms with van der Waals surface area (Å²) in [6, 6.07) is 23.5. The highest BCUT2D eigenvalue weighted by atomic mass is 35.5. The number of methoxy groups -OCH3 is 1. The summed E-state index contributed by atoms with van der Waals surface area (Å²) in [4.78, 5) is 43.6. The van der Waals surface area contributed by atoms with Gasteiger partial charge in [-0.25, -0.2) is 9.59 Å². The number of carbonyl (C=O) groups excluding carboxylic acids is 2. The van der Waals surface area contributed by atoms with Gasteiger partial charge in [-0.15, -0.1) is 34.9 Å². The second-order valence-electron chi connectivity index (χ2n) is 10.9. The van der Waals surface area contributed by atoms with Crippen molar-refractivity contribution in [3.05, 3.63) is 111 Å². The topological polar surface area (TPSA) is 130 Å². The van der Waals surface area contributed by atoms with Crippen LogP contribution in [-0.2, 0) is 23.9 Å². The highest BCUT2D eigenvalue weighted by Crippen LogP contribution is 2.31. The molecule has 0 aromatic heterocycles. The Morgan fingerprint density at radius 1 is 0.900 bits per heavy atom. The van der Waals surface area contributed by atoms with Gasteiger partial charge in [0.2, 0.25) is 0 Å². The molecule has 1 atom stereocenters. The maximum absolute atomic E-state index is 12.5. The normalized spacial score (nSPS) is 13.8. The lowest BCUT2D eigenvalue weighted by Crippen LogP contribution is -2.48. The number of esters is 2. The molecule has 0 saturated carbocycles. The maximum Gasteiger partial charge on any atom is 0.337 e. The third kappa shape index (κ3) is 14.1. The van der Waals surface area contributed by atoms with Gasteiger partial charge >= 0.3 is 11.9 Å². The van der Waals surface area contributed by atoms with Gasteiger partial charge < -0.3 is 23.8 Å². The summed E-state index contributed by atoms with van der Waals surface area (Å²) in [5, 5.41) is 9.98. The molecule has 1 aliphatic rings. The first kappa shape index (κ1) is 42.3. The van der Waals surface area contributed by atoms with Gasteiger partial charge in [0.25, 0.3) is 5.09 Å². The van der Waals surface area contributed by atoms with Gasteiger partial charge in [-0.1, -0.05) is 60.1 Å². The zero-order chi connectivity index (χ0) is 34.1. The zero-order valence-corrected chi connectivity index (χ0v) is 30.0. The van der Waals surface area contributed by atoms with Crippen LogP contribution in [-0.4, -0.2) is 93.1 Å². The first-order chi connectivity index (χ1) is 23.3. The molecule has 272 valence electrons. The molecule has 3 aromatic rings. The van der Waals surface area contributed by atoms with Crippen LogP contribution in [0, 0.1) is 10.1 Å². The van der Waals surface area contributed by atoms with Crippen molar-refractivity contribution >= 4 is 54.4 Å². The van der Waals surface area contributed by atoms with E-state index in [-0.39, 0.29) is 56.4 Å². The van der Waals surface area contributed by atoms with E-state index in [1.807, 2.05) is 18.2 Å². The van der Waals surface area contributed by atoms with E-state index in [9.17, 15) is 19.7 Å². The molecule has 0 bridgehead atoms. The third-order valence-corrected chi connectivity index (χ3v) is 7.90. The van der Waals surface area contributed by atoms with Crippen LogP contribution in [0.3, 0.4) is 0 Å². The predicted octanol–water partition coefficient (Wildman–Crippen LogP) is 6.07. The van der Waals surface area contributed by atoms with Crippen LogP contribution in [0.5, 0.6) is 11.5 Å². The van der Waals surface area contributed by atoms with Crippen molar-refractivity contribution < 1.29 is 38.5 Å². The van der Waals surface area contributed by atoms with E-state index in [1.165, 1.54) is 30.4 Å². The fourth-order valence-electron chi connectivity index (χ4n) is 5.24. The molecule has 0 N–H and O–H groups in total. The molecule has 4 rings (SSSR count). The summed E-state index contributed by atoms with van der Waals surface area (Å²) in [6.45, 7) is 4.47. The summed E-state index contributed by atoms with van der Waals surface area (Å²) in [7, 11) is 1.45. The largest absolute Gasteiger partial charge is 0.493 e. The molecular formula is C35H42Cl3N3O9. The number of piperazine rings is 1. The summed E-state index contributed by atoms with van der Waals surface area (Å²) >= 11 is 6.16. The Balaban J connectivity index is 0.00000433. The van der Waals surface area contributed by atoms with Gasteiger partial charge in [0.15, 0.2) is 11.5 Å². The summed E-state index contributed by atoms with van der Waals surface area (Å²) < 4.78 is 21.5. The van der Waals surface area contributed by atoms with E-state index in [4.69, 9.17) is 30.5 Å². The smallest absolute Gasteiger partial charge is 0.337 e. The lowest BCUT2D eigenvalue weighted by molar-refractivity contribution is -0.757. The van der Waals surface area contributed by atoms with Crippen molar-refractivity contribution in [1.29, 1.82) is 0 Å². The molecule has 1 heterocycles. The summed E-state index contributed by atoms with van der Waals surface area (Å²) in [5.41, 5.74) is 3.08. The molecule has 15 heteroatoms. The molecule has 0 amide bonds. The SMILES string of the molecule is COc1cc(/C=C/C(=O)OCCCCO[N+](=O)[O-])ccc1OC(=O)COCCN1CCN(C(c2ccccc2)c2ccc(Cl)cc2)CC1.Cl.Cl. The maximum atomic E-state index is 12.5. The fourth-order valence-corrected chi connectivity index (χ4v) is 5.37. The van der Waals surface area contributed by atoms with Crippen LogP contribution in [0.2, 0.25) is 5.02 Å². The first-order valence-electron chi connectivity index (χ1n) is 15.7. The molecule has 50 heavy (non-hydrogen) atoms. The molecule has 0 aliphatic carbocycles. The van der Waals surface area contributed by atoms with Crippen LogP contribution >= 0.6 is 36.4 Å². The molecule has 0 spiro atoms. The number of hydrogen-bond donors (Lipinski definition) is 0. The van der Waals surface area contributed by atoms with Crippen LogP contribution < -0.4 is 9.47 Å². The monoisotopic (exact) mass is 753 g/mol. The second kappa shape index (κ2) is 22.7. The quantitative estimate of drug-likeness (QED) is 0.0375. The molecule has 3 aromatic carbocycles. The molecule has 0 radical (unpaired) electrons. The average molecular weight is 755 g/mol.